The molecule has 2 aliphatic carbocycles. The van der Waals surface area contributed by atoms with Gasteiger partial charge in [0.15, 0.2) is 0 Å². The van der Waals surface area contributed by atoms with Crippen molar-refractivity contribution in [3.63, 3.8) is 0 Å². The van der Waals surface area contributed by atoms with Crippen molar-refractivity contribution in [1.82, 2.24) is 0 Å². The minimum atomic E-state index is -1.10. The summed E-state index contributed by atoms with van der Waals surface area (Å²) in [6, 6.07) is -1.46. The molecule has 168 valence electrons. The number of aliphatic imine (C=N–C) groups is 2. The number of carboxylic acid groups (broad SMARTS) is 2. The first-order valence-corrected chi connectivity index (χ1v) is 12.2. The average molecular weight is 548 g/mol. The van der Waals surface area contributed by atoms with Crippen molar-refractivity contribution >= 4 is 47.9 Å². The Labute approximate surface area is 263 Å². The molecule has 0 aromatic carbocycles. The van der Waals surface area contributed by atoms with Crippen LogP contribution in [0.2, 0.25) is 0 Å². The van der Waals surface area contributed by atoms with Crippen molar-refractivity contribution < 1.29 is 96.0 Å². The Kier molecular flexibility index (Phi) is 29.8. The molecule has 33 heavy (non-hydrogen) atoms. The number of carbonyl (C=O) groups excluding carboxylic acids is 2. The van der Waals surface area contributed by atoms with E-state index >= 15 is 0 Å². The third kappa shape index (κ3) is 19.3. The zero-order valence-electron chi connectivity index (χ0n) is 19.5. The van der Waals surface area contributed by atoms with Gasteiger partial charge in [0.2, 0.25) is 0 Å². The van der Waals surface area contributed by atoms with Crippen molar-refractivity contribution in [3.8, 4) is 0 Å². The van der Waals surface area contributed by atoms with Crippen LogP contribution in [0.3, 0.4) is 0 Å². The molecule has 11 heteroatoms. The van der Waals surface area contributed by atoms with E-state index in [1.165, 1.54) is 0 Å². The molecule has 0 bridgehead atoms. The van der Waals surface area contributed by atoms with Crippen molar-refractivity contribution in [2.24, 2.45) is 9.98 Å². The summed E-state index contributed by atoms with van der Waals surface area (Å²) in [5.74, 6) is 1.18. The average Bonchev–Trinajstić information content (AvgIpc) is 3.42. The molecule has 0 unspecified atom stereocenters. The normalized spacial score (nSPS) is 18.0. The summed E-state index contributed by atoms with van der Waals surface area (Å²) in [5, 5.41) is 21.5. The fraction of sp³-hybridized carbons (Fsp3) is 0.364. The summed E-state index contributed by atoms with van der Waals surface area (Å²) in [6.45, 7) is 0. The molecule has 10 radical (unpaired) electrons. The van der Waals surface area contributed by atoms with Crippen molar-refractivity contribution in [1.29, 1.82) is 0 Å². The minimum absolute atomic E-state index is 0. The van der Waals surface area contributed by atoms with Gasteiger partial charge in [-0.1, -0.05) is 0 Å². The summed E-state index contributed by atoms with van der Waals surface area (Å²) in [4.78, 5) is 29.5. The Hall–Kier alpha value is 1.50. The van der Waals surface area contributed by atoms with Gasteiger partial charge in [-0.05, 0) is 88.2 Å². The topological polar surface area (TPSA) is 105 Å². The molecule has 6 nitrogen and oxygen atoms in total. The zero-order valence-corrected chi connectivity index (χ0v) is 26.2. The number of aliphatic carboxylic acids is 2. The van der Waals surface area contributed by atoms with Crippen LogP contribution in [0.15, 0.2) is 9.98 Å². The van der Waals surface area contributed by atoms with Crippen LogP contribution >= 0.6 is 23.5 Å². The van der Waals surface area contributed by atoms with Crippen LogP contribution in [-0.2, 0) is 26.7 Å². The molecule has 2 rings (SSSR count). The number of thioether (sulfide) groups is 2. The van der Waals surface area contributed by atoms with Crippen LogP contribution < -0.4 is 69.3 Å². The van der Waals surface area contributed by atoms with E-state index in [2.05, 4.69) is 9.98 Å². The van der Waals surface area contributed by atoms with Gasteiger partial charge < -0.3 is 19.8 Å². The second kappa shape index (κ2) is 25.2. The Bertz CT molecular complexity index is 515. The number of carbonyl (C=O) groups is 2. The largest absolute Gasteiger partial charge is 2.00 e. The summed E-state index contributed by atoms with van der Waals surface area (Å²) in [5.41, 5.74) is 0. The Morgan fingerprint density at radius 2 is 1.09 bits per heavy atom. The maximum Gasteiger partial charge on any atom is 2.00 e. The second-order valence-electron chi connectivity index (χ2n) is 6.23. The molecule has 0 saturated heterocycles. The Morgan fingerprint density at radius 3 is 1.33 bits per heavy atom. The van der Waals surface area contributed by atoms with Gasteiger partial charge in [0, 0.05) is 24.3 Å². The Balaban J connectivity index is -0.000000500. The molecule has 2 atom stereocenters. The van der Waals surface area contributed by atoms with Gasteiger partial charge in [-0.3, -0.25) is 9.98 Å². The number of carboxylic acids is 2. The first-order valence-electron chi connectivity index (χ1n) is 9.37. The van der Waals surface area contributed by atoms with E-state index in [9.17, 15) is 19.8 Å². The quantitative estimate of drug-likeness (QED) is 0.178. The summed E-state index contributed by atoms with van der Waals surface area (Å²) >= 11 is 3.21. The maximum atomic E-state index is 10.7. The van der Waals surface area contributed by atoms with E-state index < -0.39 is 24.0 Å². The third-order valence-corrected chi connectivity index (χ3v) is 5.21. The van der Waals surface area contributed by atoms with Crippen LogP contribution in [0, 0.1) is 63.2 Å². The van der Waals surface area contributed by atoms with E-state index in [1.807, 2.05) is 63.9 Å². The van der Waals surface area contributed by atoms with Crippen molar-refractivity contribution in [2.75, 3.05) is 24.0 Å². The van der Waals surface area contributed by atoms with Gasteiger partial charge >= 0.3 is 76.2 Å². The monoisotopic (exact) mass is 548 g/mol. The third-order valence-electron chi connectivity index (χ3n) is 3.92. The van der Waals surface area contributed by atoms with Gasteiger partial charge in [-0.25, -0.2) is 0 Å². The molecule has 0 aromatic rings. The number of rotatable bonds is 12. The molecule has 0 aromatic heterocycles. The van der Waals surface area contributed by atoms with Crippen LogP contribution in [0.25, 0.3) is 0 Å². The van der Waals surface area contributed by atoms with E-state index in [1.54, 1.807) is 36.0 Å². The first kappa shape index (κ1) is 39.0. The first-order chi connectivity index (χ1) is 14.5. The van der Waals surface area contributed by atoms with Crippen LogP contribution in [0.5, 0.6) is 0 Å². The molecule has 0 heterocycles. The standard InChI is InChI=1S/2C11H14NO2S.Fe.2Na/c2*1-15-7-6-10(11(13)14)12-8-9-4-2-3-5-9;;;/h2*2-5,8,10H,6-7H2,1H3,(H,13,14);;;/q;;+2;2*+1/p-2/t2*10-;;;/m00.../s1. The number of nitrogens with zero attached hydrogens (tertiary/aromatic N) is 2. The van der Waals surface area contributed by atoms with Gasteiger partial charge in [0.1, 0.15) is 0 Å². The summed E-state index contributed by atoms with van der Waals surface area (Å²) in [6.07, 6.45) is 23.1. The van der Waals surface area contributed by atoms with Crippen molar-refractivity contribution in [2.45, 2.75) is 24.9 Å². The number of hydrogen-bond donors (Lipinski definition) is 0. The van der Waals surface area contributed by atoms with Crippen LogP contribution in [-0.4, -0.2) is 60.5 Å². The predicted octanol–water partition coefficient (Wildman–Crippen LogP) is -5.33. The predicted molar refractivity (Wildman–Crippen MR) is 121 cm³/mol. The van der Waals surface area contributed by atoms with Gasteiger partial charge in [-0.2, -0.15) is 23.5 Å². The van der Waals surface area contributed by atoms with Crippen molar-refractivity contribution in [3.05, 3.63) is 63.2 Å². The molecular weight excluding hydrogens is 522 g/mol. The van der Waals surface area contributed by atoms with Crippen LogP contribution in [0.1, 0.15) is 12.8 Å². The fourth-order valence-corrected chi connectivity index (χ4v) is 3.19. The minimum Gasteiger partial charge on any atom is -0.548 e. The zero-order chi connectivity index (χ0) is 22.2. The van der Waals surface area contributed by atoms with Gasteiger partial charge in [0.25, 0.3) is 0 Å². The number of hydrogen-bond acceptors (Lipinski definition) is 8. The second-order valence-corrected chi connectivity index (χ2v) is 8.20. The summed E-state index contributed by atoms with van der Waals surface area (Å²) in [7, 11) is 0. The van der Waals surface area contributed by atoms with E-state index in [-0.39, 0.29) is 76.2 Å². The maximum absolute atomic E-state index is 10.7. The fourth-order valence-electron chi connectivity index (χ4n) is 2.27. The molecule has 2 fully saturated rings. The molecule has 0 N–H and O–H groups in total. The molecule has 2 saturated carbocycles. The molecule has 0 amide bonds. The molecular formula is C22H26FeN2Na2O4S2+2. The van der Waals surface area contributed by atoms with E-state index in [4.69, 9.17) is 0 Å². The molecule has 0 aliphatic heterocycles. The van der Waals surface area contributed by atoms with E-state index in [0.29, 0.717) is 12.8 Å². The smallest absolute Gasteiger partial charge is 0.548 e. The van der Waals surface area contributed by atoms with Gasteiger partial charge in [0.05, 0.1) is 24.0 Å². The Morgan fingerprint density at radius 1 is 0.788 bits per heavy atom. The summed E-state index contributed by atoms with van der Waals surface area (Å²) < 4.78 is 0. The molecule has 0 spiro atoms. The van der Waals surface area contributed by atoms with Crippen LogP contribution in [0.4, 0.5) is 0 Å². The van der Waals surface area contributed by atoms with E-state index in [0.717, 1.165) is 23.3 Å². The SMILES string of the molecule is CSCC[C@H](N=C[C]1[CH][CH][CH][CH]1)C(=O)[O-].CSCC[C@H](N=C[C]1[CH][CH][CH][CH]1)C(=O)[O-].[Fe+2].[Na+].[Na+]. The van der Waals surface area contributed by atoms with Gasteiger partial charge in [-0.15, -0.1) is 0 Å². The molecule has 2 aliphatic rings.